The van der Waals surface area contributed by atoms with Gasteiger partial charge in [-0.3, -0.25) is 0 Å². The molecule has 0 radical (unpaired) electrons. The van der Waals surface area contributed by atoms with E-state index in [2.05, 4.69) is 239 Å². The SMILES string of the molecule is CC(C)(C)c1ccc(-c2cc(CC(C)(C)c3ccc(-c4cccc(Nc5ccccc5-c5ccccc5)c4)c4ccccc34)cc(Nc3ccccc3C3CCCCC3)c2)c2ccccc12. The maximum atomic E-state index is 4.01. The summed E-state index contributed by atoms with van der Waals surface area (Å²) in [6.07, 6.45) is 7.39. The molecule has 0 aromatic heterocycles. The first kappa shape index (κ1) is 43.0. The molecule has 66 heavy (non-hydrogen) atoms. The summed E-state index contributed by atoms with van der Waals surface area (Å²) in [7, 11) is 0. The van der Waals surface area contributed by atoms with Gasteiger partial charge in [-0.15, -0.1) is 0 Å². The van der Waals surface area contributed by atoms with Crippen LogP contribution in [0.25, 0.3) is 54.9 Å². The van der Waals surface area contributed by atoms with Gasteiger partial charge in [-0.05, 0) is 144 Å². The molecule has 10 rings (SSSR count). The predicted molar refractivity (Wildman–Crippen MR) is 285 cm³/mol. The molecule has 0 spiro atoms. The zero-order valence-electron chi connectivity index (χ0n) is 39.3. The summed E-state index contributed by atoms with van der Waals surface area (Å²) in [5.74, 6) is 0.601. The average molecular weight is 859 g/mol. The van der Waals surface area contributed by atoms with E-state index in [-0.39, 0.29) is 10.8 Å². The second-order valence-electron chi connectivity index (χ2n) is 20.3. The average Bonchev–Trinajstić information content (AvgIpc) is 3.33. The van der Waals surface area contributed by atoms with Gasteiger partial charge < -0.3 is 10.6 Å². The van der Waals surface area contributed by atoms with Crippen molar-refractivity contribution in [2.45, 2.75) is 89.9 Å². The monoisotopic (exact) mass is 858 g/mol. The molecule has 0 atom stereocenters. The largest absolute Gasteiger partial charge is 0.355 e. The molecule has 9 aromatic carbocycles. The molecule has 0 bridgehead atoms. The third-order valence-corrected chi connectivity index (χ3v) is 14.1. The maximum Gasteiger partial charge on any atom is 0.0463 e. The van der Waals surface area contributed by atoms with E-state index in [1.807, 2.05) is 0 Å². The molecule has 2 N–H and O–H groups in total. The molecule has 2 heteroatoms. The fourth-order valence-corrected chi connectivity index (χ4v) is 10.9. The third kappa shape index (κ3) is 8.90. The highest BCUT2D eigenvalue weighted by molar-refractivity contribution is 6.01. The van der Waals surface area contributed by atoms with Crippen molar-refractivity contribution in [3.63, 3.8) is 0 Å². The van der Waals surface area contributed by atoms with Crippen molar-refractivity contribution in [1.82, 2.24) is 0 Å². The van der Waals surface area contributed by atoms with Crippen LogP contribution in [-0.2, 0) is 17.3 Å². The van der Waals surface area contributed by atoms with Gasteiger partial charge in [0.05, 0.1) is 0 Å². The topological polar surface area (TPSA) is 24.1 Å². The lowest BCUT2D eigenvalue weighted by Gasteiger charge is -2.29. The fraction of sp³-hybridized carbons (Fsp3) is 0.219. The lowest BCUT2D eigenvalue weighted by atomic mass is 9.76. The molecule has 1 aliphatic carbocycles. The second kappa shape index (κ2) is 18.2. The highest BCUT2D eigenvalue weighted by Crippen LogP contribution is 2.43. The van der Waals surface area contributed by atoms with E-state index >= 15 is 0 Å². The van der Waals surface area contributed by atoms with Crippen LogP contribution in [0.2, 0.25) is 0 Å². The summed E-state index contributed by atoms with van der Waals surface area (Å²) < 4.78 is 0. The smallest absolute Gasteiger partial charge is 0.0463 e. The van der Waals surface area contributed by atoms with Gasteiger partial charge in [0.2, 0.25) is 0 Å². The highest BCUT2D eigenvalue weighted by atomic mass is 14.9. The molecule has 0 amide bonds. The van der Waals surface area contributed by atoms with E-state index in [4.69, 9.17) is 0 Å². The molecule has 2 nitrogen and oxygen atoms in total. The van der Waals surface area contributed by atoms with Gasteiger partial charge in [0.15, 0.2) is 0 Å². The zero-order chi connectivity index (χ0) is 45.3. The molecular weight excluding hydrogens is 797 g/mol. The Morgan fingerprint density at radius 1 is 0.409 bits per heavy atom. The summed E-state index contributed by atoms with van der Waals surface area (Å²) in [5.41, 5.74) is 17.2. The molecule has 9 aromatic rings. The van der Waals surface area contributed by atoms with Crippen LogP contribution in [0.15, 0.2) is 194 Å². The van der Waals surface area contributed by atoms with Crippen LogP contribution < -0.4 is 10.6 Å². The molecular formula is C64H62N2. The van der Waals surface area contributed by atoms with Crippen molar-refractivity contribution in [3.05, 3.63) is 216 Å². The Balaban J connectivity index is 1.02. The van der Waals surface area contributed by atoms with Crippen LogP contribution in [0, 0.1) is 0 Å². The normalized spacial score (nSPS) is 13.5. The number of hydrogen-bond donors (Lipinski definition) is 2. The summed E-state index contributed by atoms with van der Waals surface area (Å²) in [4.78, 5) is 0. The van der Waals surface area contributed by atoms with E-state index in [1.165, 1.54) is 115 Å². The first-order valence-corrected chi connectivity index (χ1v) is 24.2. The number of benzene rings is 9. The minimum Gasteiger partial charge on any atom is -0.355 e. The van der Waals surface area contributed by atoms with Crippen molar-refractivity contribution in [1.29, 1.82) is 0 Å². The summed E-state index contributed by atoms with van der Waals surface area (Å²) >= 11 is 0. The van der Waals surface area contributed by atoms with Gasteiger partial charge in [0, 0.05) is 28.3 Å². The van der Waals surface area contributed by atoms with Gasteiger partial charge >= 0.3 is 0 Å². The Morgan fingerprint density at radius 2 is 0.970 bits per heavy atom. The van der Waals surface area contributed by atoms with Crippen LogP contribution >= 0.6 is 0 Å². The maximum absolute atomic E-state index is 4.01. The first-order valence-electron chi connectivity index (χ1n) is 24.2. The van der Waals surface area contributed by atoms with Crippen LogP contribution in [0.3, 0.4) is 0 Å². The number of nitrogens with one attached hydrogen (secondary N) is 2. The number of anilines is 4. The quantitative estimate of drug-likeness (QED) is 0.135. The lowest BCUT2D eigenvalue weighted by Crippen LogP contribution is -2.21. The Labute approximate surface area is 392 Å². The van der Waals surface area contributed by atoms with Gasteiger partial charge in [0.1, 0.15) is 0 Å². The Bertz CT molecular complexity index is 3160. The number of rotatable bonds is 11. The van der Waals surface area contributed by atoms with Gasteiger partial charge in [-0.1, -0.05) is 212 Å². The molecule has 1 saturated carbocycles. The second-order valence-corrected chi connectivity index (χ2v) is 20.3. The number of fused-ring (bicyclic) bond motifs is 2. The molecule has 1 fully saturated rings. The summed E-state index contributed by atoms with van der Waals surface area (Å²) in [6.45, 7) is 11.8. The van der Waals surface area contributed by atoms with Crippen LogP contribution in [0.1, 0.15) is 94.9 Å². The number of hydrogen-bond acceptors (Lipinski definition) is 2. The van der Waals surface area contributed by atoms with E-state index in [0.717, 1.165) is 23.5 Å². The summed E-state index contributed by atoms with van der Waals surface area (Å²) in [6, 6.07) is 71.8. The van der Waals surface area contributed by atoms with Crippen molar-refractivity contribution >= 4 is 44.3 Å². The first-order chi connectivity index (χ1) is 32.1. The molecule has 1 aliphatic rings. The van der Waals surface area contributed by atoms with E-state index in [9.17, 15) is 0 Å². The molecule has 0 saturated heterocycles. The predicted octanol–water partition coefficient (Wildman–Crippen LogP) is 18.3. The zero-order valence-corrected chi connectivity index (χ0v) is 39.3. The third-order valence-electron chi connectivity index (χ3n) is 14.1. The Hall–Kier alpha value is -6.90. The standard InChI is InChI=1S/C64H62N2/c1-63(2,3)59-37-35-52(56-30-12-14-31-57(56)59)48-39-44(40-50(42-48)66-62-34-19-17-28-54(62)46-23-10-7-11-24-46)43-64(4,5)60-38-36-51(55-29-13-15-32-58(55)60)47-25-20-26-49(41-47)65-61-33-18-16-27-53(61)45-21-8-6-9-22-45/h6,8-9,12-22,25-42,46,65-66H,7,10-11,23-24,43H2,1-5H3. The van der Waals surface area contributed by atoms with Gasteiger partial charge in [-0.2, -0.15) is 0 Å². The molecule has 0 aliphatic heterocycles. The van der Waals surface area contributed by atoms with Crippen LogP contribution in [0.5, 0.6) is 0 Å². The highest BCUT2D eigenvalue weighted by Gasteiger charge is 2.26. The molecule has 0 unspecified atom stereocenters. The van der Waals surface area contributed by atoms with E-state index in [0.29, 0.717) is 5.92 Å². The van der Waals surface area contributed by atoms with E-state index < -0.39 is 0 Å². The number of para-hydroxylation sites is 2. The van der Waals surface area contributed by atoms with Crippen molar-refractivity contribution in [3.8, 4) is 33.4 Å². The van der Waals surface area contributed by atoms with Crippen molar-refractivity contribution < 1.29 is 0 Å². The molecule has 0 heterocycles. The van der Waals surface area contributed by atoms with Crippen molar-refractivity contribution in [2.24, 2.45) is 0 Å². The van der Waals surface area contributed by atoms with Crippen LogP contribution in [-0.4, -0.2) is 0 Å². The Kier molecular flexibility index (Phi) is 11.8. The minimum atomic E-state index is -0.184. The minimum absolute atomic E-state index is 0.0340. The Morgan fingerprint density at radius 3 is 1.70 bits per heavy atom. The molecule has 328 valence electrons. The summed E-state index contributed by atoms with van der Waals surface area (Å²) in [5, 5.41) is 13.0. The van der Waals surface area contributed by atoms with E-state index in [1.54, 1.807) is 0 Å². The van der Waals surface area contributed by atoms with Gasteiger partial charge in [-0.25, -0.2) is 0 Å². The van der Waals surface area contributed by atoms with Crippen molar-refractivity contribution in [2.75, 3.05) is 10.6 Å². The van der Waals surface area contributed by atoms with Crippen LogP contribution in [0.4, 0.5) is 22.7 Å². The van der Waals surface area contributed by atoms with Gasteiger partial charge in [0.25, 0.3) is 0 Å². The fourth-order valence-electron chi connectivity index (χ4n) is 10.9. The lowest BCUT2D eigenvalue weighted by molar-refractivity contribution is 0.444.